The summed E-state index contributed by atoms with van der Waals surface area (Å²) in [6.45, 7) is 3.85. The first kappa shape index (κ1) is 16.9. The number of anilines is 1. The van der Waals surface area contributed by atoms with Crippen molar-refractivity contribution in [1.29, 1.82) is 0 Å². The first-order valence-corrected chi connectivity index (χ1v) is 8.63. The van der Waals surface area contributed by atoms with Crippen molar-refractivity contribution in [2.24, 2.45) is 7.05 Å². The molecule has 120 valence electrons. The number of hydrogen-bond acceptors (Lipinski definition) is 4. The number of sulfonamides is 1. The van der Waals surface area contributed by atoms with Crippen molar-refractivity contribution in [3.05, 3.63) is 33.9 Å². The van der Waals surface area contributed by atoms with E-state index in [0.29, 0.717) is 17.2 Å². The predicted octanol–water partition coefficient (Wildman–Crippen LogP) is 3.23. The Balaban J connectivity index is 2.42. The molecule has 0 atom stereocenters. The minimum atomic E-state index is -3.88. The van der Waals surface area contributed by atoms with E-state index in [1.807, 2.05) is 0 Å². The van der Waals surface area contributed by atoms with Gasteiger partial charge in [0, 0.05) is 12.1 Å². The van der Waals surface area contributed by atoms with Crippen LogP contribution >= 0.6 is 23.2 Å². The van der Waals surface area contributed by atoms with Crippen LogP contribution in [0, 0.1) is 6.92 Å². The molecule has 2 aromatic rings. The van der Waals surface area contributed by atoms with Crippen LogP contribution in [-0.2, 0) is 17.1 Å². The van der Waals surface area contributed by atoms with Crippen LogP contribution in [0.1, 0.15) is 12.5 Å². The van der Waals surface area contributed by atoms with Gasteiger partial charge >= 0.3 is 0 Å². The first-order valence-electron chi connectivity index (χ1n) is 6.39. The number of nitrogens with one attached hydrogen (secondary N) is 1. The normalized spacial score (nSPS) is 11.5. The van der Waals surface area contributed by atoms with Crippen molar-refractivity contribution < 1.29 is 13.2 Å². The molecule has 0 fully saturated rings. The monoisotopic (exact) mass is 363 g/mol. The summed E-state index contributed by atoms with van der Waals surface area (Å²) in [5.41, 5.74) is 0.857. The number of ether oxygens (including phenoxy) is 1. The van der Waals surface area contributed by atoms with Crippen LogP contribution in [0.4, 0.5) is 5.69 Å². The van der Waals surface area contributed by atoms with E-state index in [2.05, 4.69) is 9.82 Å². The number of rotatable bonds is 5. The smallest absolute Gasteiger partial charge is 0.263 e. The Hall–Kier alpha value is -1.44. The topological polar surface area (TPSA) is 73.2 Å². The molecule has 6 nitrogen and oxygen atoms in total. The van der Waals surface area contributed by atoms with E-state index in [-0.39, 0.29) is 21.5 Å². The Labute approximate surface area is 139 Å². The van der Waals surface area contributed by atoms with Crippen molar-refractivity contribution in [3.63, 3.8) is 0 Å². The van der Waals surface area contributed by atoms with Gasteiger partial charge in [0.25, 0.3) is 15.9 Å². The highest BCUT2D eigenvalue weighted by Gasteiger charge is 2.22. The van der Waals surface area contributed by atoms with E-state index in [1.165, 1.54) is 23.0 Å². The van der Waals surface area contributed by atoms with Crippen LogP contribution in [0.2, 0.25) is 10.0 Å². The van der Waals surface area contributed by atoms with Crippen LogP contribution in [0.3, 0.4) is 0 Å². The average Bonchev–Trinajstić information content (AvgIpc) is 2.73. The second-order valence-electron chi connectivity index (χ2n) is 4.59. The lowest BCUT2D eigenvalue weighted by atomic mass is 10.2. The molecule has 0 aliphatic carbocycles. The molecule has 0 amide bonds. The largest absolute Gasteiger partial charge is 0.475 e. The zero-order valence-electron chi connectivity index (χ0n) is 12.2. The Morgan fingerprint density at radius 2 is 2.00 bits per heavy atom. The second-order valence-corrected chi connectivity index (χ2v) is 7.06. The lowest BCUT2D eigenvalue weighted by Crippen LogP contribution is -2.14. The molecule has 0 aliphatic heterocycles. The molecule has 1 N–H and O–H groups in total. The third kappa shape index (κ3) is 3.48. The molecule has 0 radical (unpaired) electrons. The van der Waals surface area contributed by atoms with Crippen LogP contribution < -0.4 is 9.46 Å². The third-order valence-electron chi connectivity index (χ3n) is 2.82. The Bertz CT molecular complexity index is 803. The van der Waals surface area contributed by atoms with E-state index in [9.17, 15) is 8.42 Å². The zero-order valence-corrected chi connectivity index (χ0v) is 14.6. The quantitative estimate of drug-likeness (QED) is 0.884. The molecule has 0 spiro atoms. The van der Waals surface area contributed by atoms with Gasteiger partial charge in [-0.15, -0.1) is 5.10 Å². The van der Waals surface area contributed by atoms with E-state index in [1.54, 1.807) is 20.9 Å². The van der Waals surface area contributed by atoms with Crippen molar-refractivity contribution in [2.75, 3.05) is 11.3 Å². The molecule has 0 saturated heterocycles. The van der Waals surface area contributed by atoms with Gasteiger partial charge in [-0.25, -0.2) is 8.42 Å². The Kier molecular flexibility index (Phi) is 4.89. The third-order valence-corrected chi connectivity index (χ3v) is 5.06. The van der Waals surface area contributed by atoms with Gasteiger partial charge in [0.1, 0.15) is 10.6 Å². The SMILES string of the molecule is CCOc1nn(C)cc1NS(=O)(=O)c1cc(C)c(Cl)cc1Cl. The summed E-state index contributed by atoms with van der Waals surface area (Å²) in [5.74, 6) is 0.204. The van der Waals surface area contributed by atoms with Gasteiger partial charge in [-0.3, -0.25) is 9.40 Å². The van der Waals surface area contributed by atoms with Gasteiger partial charge in [0.2, 0.25) is 0 Å². The molecule has 1 aromatic heterocycles. The predicted molar refractivity (Wildman–Crippen MR) is 86.4 cm³/mol. The van der Waals surface area contributed by atoms with Crippen LogP contribution in [0.25, 0.3) is 0 Å². The number of halogens is 2. The number of hydrogen-bond donors (Lipinski definition) is 1. The van der Waals surface area contributed by atoms with E-state index >= 15 is 0 Å². The maximum atomic E-state index is 12.5. The molecular formula is C13H15Cl2N3O3S. The van der Waals surface area contributed by atoms with E-state index < -0.39 is 10.0 Å². The summed E-state index contributed by atoms with van der Waals surface area (Å²) >= 11 is 11.9. The Morgan fingerprint density at radius 1 is 1.32 bits per heavy atom. The first-order chi connectivity index (χ1) is 10.2. The molecule has 0 saturated carbocycles. The minimum absolute atomic E-state index is 0.0463. The highest BCUT2D eigenvalue weighted by molar-refractivity contribution is 7.92. The van der Waals surface area contributed by atoms with Crippen molar-refractivity contribution in [1.82, 2.24) is 9.78 Å². The highest BCUT2D eigenvalue weighted by Crippen LogP contribution is 2.31. The maximum Gasteiger partial charge on any atom is 0.263 e. The lowest BCUT2D eigenvalue weighted by Gasteiger charge is -2.11. The van der Waals surface area contributed by atoms with Crippen LogP contribution in [0.15, 0.2) is 23.2 Å². The molecule has 0 bridgehead atoms. The number of nitrogens with zero attached hydrogens (tertiary/aromatic N) is 2. The second kappa shape index (κ2) is 6.36. The van der Waals surface area contributed by atoms with Crippen LogP contribution in [0.5, 0.6) is 5.88 Å². The standard InChI is InChI=1S/C13H15Cl2N3O3S/c1-4-21-13-11(7-18(3)16-13)17-22(19,20)12-5-8(2)9(14)6-10(12)15/h5-7,17H,4H2,1-3H3. The lowest BCUT2D eigenvalue weighted by molar-refractivity contribution is 0.324. The fourth-order valence-electron chi connectivity index (χ4n) is 1.82. The van der Waals surface area contributed by atoms with Crippen molar-refractivity contribution in [2.45, 2.75) is 18.7 Å². The van der Waals surface area contributed by atoms with Crippen molar-refractivity contribution in [3.8, 4) is 5.88 Å². The number of aromatic nitrogens is 2. The van der Waals surface area contributed by atoms with Crippen molar-refractivity contribution >= 4 is 38.9 Å². The van der Waals surface area contributed by atoms with Gasteiger partial charge in [-0.05, 0) is 31.5 Å². The Morgan fingerprint density at radius 3 is 2.64 bits per heavy atom. The van der Waals surface area contributed by atoms with Crippen LogP contribution in [-0.4, -0.2) is 24.8 Å². The van der Waals surface area contributed by atoms with E-state index in [0.717, 1.165) is 0 Å². The summed E-state index contributed by atoms with van der Waals surface area (Å²) in [6.07, 6.45) is 1.51. The summed E-state index contributed by atoms with van der Waals surface area (Å²) in [4.78, 5) is -0.0534. The molecule has 2 rings (SSSR count). The average molecular weight is 364 g/mol. The van der Waals surface area contributed by atoms with Gasteiger partial charge in [0.05, 0.1) is 17.8 Å². The molecule has 9 heteroatoms. The minimum Gasteiger partial charge on any atom is -0.475 e. The molecular weight excluding hydrogens is 349 g/mol. The highest BCUT2D eigenvalue weighted by atomic mass is 35.5. The summed E-state index contributed by atoms with van der Waals surface area (Å²) < 4.78 is 34.2. The van der Waals surface area contributed by atoms with Gasteiger partial charge in [0.15, 0.2) is 0 Å². The fraction of sp³-hybridized carbons (Fsp3) is 0.308. The molecule has 22 heavy (non-hydrogen) atoms. The summed E-state index contributed by atoms with van der Waals surface area (Å²) in [7, 11) is -2.22. The maximum absolute atomic E-state index is 12.5. The molecule has 1 aromatic carbocycles. The van der Waals surface area contributed by atoms with E-state index in [4.69, 9.17) is 27.9 Å². The van der Waals surface area contributed by atoms with Gasteiger partial charge in [-0.1, -0.05) is 23.2 Å². The molecule has 0 aliphatic rings. The van der Waals surface area contributed by atoms with Gasteiger partial charge < -0.3 is 4.74 Å². The molecule has 0 unspecified atom stereocenters. The van der Waals surface area contributed by atoms with Gasteiger partial charge in [-0.2, -0.15) is 0 Å². The number of aryl methyl sites for hydroxylation is 2. The summed E-state index contributed by atoms with van der Waals surface area (Å²) in [6, 6.07) is 2.82. The number of benzene rings is 1. The zero-order chi connectivity index (χ0) is 16.5. The molecule has 1 heterocycles. The summed E-state index contributed by atoms with van der Waals surface area (Å²) in [5, 5.41) is 4.50. The fourth-order valence-corrected chi connectivity index (χ4v) is 3.69.